The summed E-state index contributed by atoms with van der Waals surface area (Å²) in [6.07, 6.45) is 0. The zero-order valence-electron chi connectivity index (χ0n) is 18.4. The van der Waals surface area contributed by atoms with Crippen molar-refractivity contribution in [3.8, 4) is 5.75 Å². The van der Waals surface area contributed by atoms with Crippen LogP contribution in [0.15, 0.2) is 65.1 Å². The molecular weight excluding hydrogens is 404 g/mol. The Morgan fingerprint density at radius 1 is 0.781 bits per heavy atom. The van der Waals surface area contributed by atoms with E-state index >= 15 is 0 Å². The number of amides is 2. The van der Waals surface area contributed by atoms with E-state index in [1.807, 2.05) is 63.2 Å². The van der Waals surface area contributed by atoms with Crippen LogP contribution < -0.4 is 15.4 Å². The Morgan fingerprint density at radius 2 is 1.44 bits per heavy atom. The summed E-state index contributed by atoms with van der Waals surface area (Å²) in [6.45, 7) is 5.82. The number of anilines is 2. The predicted octanol–water partition coefficient (Wildman–Crippen LogP) is 5.87. The number of ether oxygens (including phenoxy) is 1. The molecule has 0 aliphatic rings. The van der Waals surface area contributed by atoms with E-state index in [0.29, 0.717) is 33.7 Å². The summed E-state index contributed by atoms with van der Waals surface area (Å²) in [6, 6.07) is 18.4. The molecule has 0 unspecified atom stereocenters. The van der Waals surface area contributed by atoms with Crippen LogP contribution in [0.4, 0.5) is 11.4 Å². The molecule has 162 valence electrons. The van der Waals surface area contributed by atoms with Crippen LogP contribution in [0.25, 0.3) is 11.0 Å². The van der Waals surface area contributed by atoms with E-state index in [4.69, 9.17) is 9.15 Å². The highest BCUT2D eigenvalue weighted by molar-refractivity contribution is 6.10. The third-order valence-electron chi connectivity index (χ3n) is 5.26. The number of methoxy groups -OCH3 is 1. The second-order valence-electron chi connectivity index (χ2n) is 7.77. The normalized spacial score (nSPS) is 10.8. The molecule has 1 heterocycles. The molecule has 6 heteroatoms. The van der Waals surface area contributed by atoms with Crippen molar-refractivity contribution in [2.24, 2.45) is 0 Å². The van der Waals surface area contributed by atoms with E-state index < -0.39 is 5.91 Å². The summed E-state index contributed by atoms with van der Waals surface area (Å²) in [5.41, 5.74) is 5.34. The molecule has 3 aromatic carbocycles. The summed E-state index contributed by atoms with van der Waals surface area (Å²) in [4.78, 5) is 25.6. The summed E-state index contributed by atoms with van der Waals surface area (Å²) < 4.78 is 11.3. The quantitative estimate of drug-likeness (QED) is 0.416. The van der Waals surface area contributed by atoms with Gasteiger partial charge in [-0.25, -0.2) is 0 Å². The van der Waals surface area contributed by atoms with Crippen molar-refractivity contribution >= 4 is 34.2 Å². The first kappa shape index (κ1) is 21.2. The van der Waals surface area contributed by atoms with Crippen LogP contribution in [-0.4, -0.2) is 18.9 Å². The molecule has 2 amide bonds. The van der Waals surface area contributed by atoms with Crippen molar-refractivity contribution in [3.63, 3.8) is 0 Å². The second-order valence-corrected chi connectivity index (χ2v) is 7.77. The van der Waals surface area contributed by atoms with Gasteiger partial charge in [0.05, 0.1) is 12.5 Å². The Morgan fingerprint density at radius 3 is 2.16 bits per heavy atom. The summed E-state index contributed by atoms with van der Waals surface area (Å²) in [7, 11) is 1.48. The SMILES string of the molecule is COc1c(C(=O)Nc2ccc(C)cc2)oc2ccc(NC(=O)c3cc(C)ccc3C)cc12. The highest BCUT2D eigenvalue weighted by Crippen LogP contribution is 2.35. The van der Waals surface area contributed by atoms with Crippen LogP contribution in [0.2, 0.25) is 0 Å². The van der Waals surface area contributed by atoms with Crippen LogP contribution >= 0.6 is 0 Å². The lowest BCUT2D eigenvalue weighted by atomic mass is 10.0. The Balaban J connectivity index is 1.62. The number of furan rings is 1. The largest absolute Gasteiger partial charge is 0.492 e. The zero-order valence-corrected chi connectivity index (χ0v) is 18.4. The first-order valence-electron chi connectivity index (χ1n) is 10.2. The molecule has 4 aromatic rings. The highest BCUT2D eigenvalue weighted by Gasteiger charge is 2.22. The molecular formula is C26H24N2O4. The van der Waals surface area contributed by atoms with Crippen LogP contribution in [0, 0.1) is 20.8 Å². The van der Waals surface area contributed by atoms with E-state index in [1.54, 1.807) is 18.2 Å². The minimum absolute atomic E-state index is 0.0704. The van der Waals surface area contributed by atoms with Gasteiger partial charge in [-0.15, -0.1) is 0 Å². The standard InChI is InChI=1S/C26H24N2O4/c1-15-6-9-18(10-7-15)27-26(30)24-23(31-4)21-14-19(11-12-22(21)32-24)28-25(29)20-13-16(2)5-8-17(20)3/h5-14H,1-4H3,(H,27,30)(H,28,29). The molecule has 32 heavy (non-hydrogen) atoms. The van der Waals surface area contributed by atoms with Crippen molar-refractivity contribution < 1.29 is 18.7 Å². The number of hydrogen-bond acceptors (Lipinski definition) is 4. The van der Waals surface area contributed by atoms with Gasteiger partial charge in [-0.3, -0.25) is 9.59 Å². The van der Waals surface area contributed by atoms with Crippen molar-refractivity contribution in [1.29, 1.82) is 0 Å². The molecule has 0 saturated heterocycles. The van der Waals surface area contributed by atoms with Crippen molar-refractivity contribution in [3.05, 3.63) is 88.7 Å². The van der Waals surface area contributed by atoms with Crippen LogP contribution in [0.3, 0.4) is 0 Å². The molecule has 0 radical (unpaired) electrons. The Hall–Kier alpha value is -4.06. The fraction of sp³-hybridized carbons (Fsp3) is 0.154. The van der Waals surface area contributed by atoms with Gasteiger partial charge in [0.1, 0.15) is 5.58 Å². The van der Waals surface area contributed by atoms with Gasteiger partial charge in [0.25, 0.3) is 11.8 Å². The molecule has 0 fully saturated rings. The first-order chi connectivity index (χ1) is 15.4. The van der Waals surface area contributed by atoms with Gasteiger partial charge in [-0.1, -0.05) is 35.4 Å². The van der Waals surface area contributed by atoms with E-state index in [-0.39, 0.29) is 11.7 Å². The van der Waals surface area contributed by atoms with Gasteiger partial charge >= 0.3 is 0 Å². The highest BCUT2D eigenvalue weighted by atomic mass is 16.5. The number of aryl methyl sites for hydroxylation is 3. The van der Waals surface area contributed by atoms with Gasteiger partial charge < -0.3 is 19.8 Å². The molecule has 0 aliphatic carbocycles. The van der Waals surface area contributed by atoms with E-state index in [2.05, 4.69) is 10.6 Å². The third-order valence-corrected chi connectivity index (χ3v) is 5.26. The van der Waals surface area contributed by atoms with E-state index in [1.165, 1.54) is 7.11 Å². The molecule has 0 atom stereocenters. The lowest BCUT2D eigenvalue weighted by Crippen LogP contribution is -2.13. The molecule has 0 bridgehead atoms. The maximum absolute atomic E-state index is 12.8. The van der Waals surface area contributed by atoms with Gasteiger partial charge in [0, 0.05) is 16.9 Å². The molecule has 0 aliphatic heterocycles. The number of fused-ring (bicyclic) bond motifs is 1. The zero-order chi connectivity index (χ0) is 22.8. The van der Waals surface area contributed by atoms with Crippen molar-refractivity contribution in [2.45, 2.75) is 20.8 Å². The first-order valence-corrected chi connectivity index (χ1v) is 10.2. The molecule has 0 spiro atoms. The van der Waals surface area contributed by atoms with Crippen LogP contribution in [0.5, 0.6) is 5.75 Å². The number of rotatable bonds is 5. The fourth-order valence-corrected chi connectivity index (χ4v) is 3.51. The van der Waals surface area contributed by atoms with E-state index in [0.717, 1.165) is 16.7 Å². The molecule has 0 saturated carbocycles. The maximum Gasteiger partial charge on any atom is 0.295 e. The van der Waals surface area contributed by atoms with Gasteiger partial charge in [-0.2, -0.15) is 0 Å². The molecule has 1 aromatic heterocycles. The summed E-state index contributed by atoms with van der Waals surface area (Å²) >= 11 is 0. The number of carbonyl (C=O) groups excluding carboxylic acids is 2. The average molecular weight is 428 g/mol. The van der Waals surface area contributed by atoms with Gasteiger partial charge in [0.2, 0.25) is 5.76 Å². The second kappa shape index (κ2) is 8.59. The van der Waals surface area contributed by atoms with Crippen LogP contribution in [0.1, 0.15) is 37.6 Å². The summed E-state index contributed by atoms with van der Waals surface area (Å²) in [5, 5.41) is 6.33. The van der Waals surface area contributed by atoms with Crippen LogP contribution in [-0.2, 0) is 0 Å². The number of carbonyl (C=O) groups is 2. The Kier molecular flexibility index (Phi) is 5.69. The number of benzene rings is 3. The monoisotopic (exact) mass is 428 g/mol. The van der Waals surface area contributed by atoms with Crippen molar-refractivity contribution in [2.75, 3.05) is 17.7 Å². The van der Waals surface area contributed by atoms with Crippen molar-refractivity contribution in [1.82, 2.24) is 0 Å². The number of nitrogens with one attached hydrogen (secondary N) is 2. The molecule has 2 N–H and O–H groups in total. The molecule has 6 nitrogen and oxygen atoms in total. The number of hydrogen-bond donors (Lipinski definition) is 2. The smallest absolute Gasteiger partial charge is 0.295 e. The lowest BCUT2D eigenvalue weighted by Gasteiger charge is -2.09. The predicted molar refractivity (Wildman–Crippen MR) is 126 cm³/mol. The Labute approximate surface area is 186 Å². The minimum atomic E-state index is -0.414. The topological polar surface area (TPSA) is 80.6 Å². The van der Waals surface area contributed by atoms with Gasteiger partial charge in [-0.05, 0) is 62.7 Å². The maximum atomic E-state index is 12.8. The fourth-order valence-electron chi connectivity index (χ4n) is 3.51. The van der Waals surface area contributed by atoms with E-state index in [9.17, 15) is 9.59 Å². The molecule has 4 rings (SSSR count). The average Bonchev–Trinajstić information content (AvgIpc) is 3.15. The lowest BCUT2D eigenvalue weighted by molar-refractivity contribution is 0.0992. The summed E-state index contributed by atoms with van der Waals surface area (Å²) in [5.74, 6) is -0.234. The third kappa shape index (κ3) is 4.21. The van der Waals surface area contributed by atoms with Gasteiger partial charge in [0.15, 0.2) is 5.75 Å². The minimum Gasteiger partial charge on any atom is -0.492 e. The Bertz CT molecular complexity index is 1320.